The van der Waals surface area contributed by atoms with Crippen LogP contribution in [0.4, 0.5) is 0 Å². The number of nitrogens with two attached hydrogens (primary N) is 1. The van der Waals surface area contributed by atoms with Gasteiger partial charge in [0.15, 0.2) is 0 Å². The SMILES string of the molecule is NCc1ccc(-c2nc3ccnc(Cl)c3cc2-c2ccccc2)cc1. The van der Waals surface area contributed by atoms with Gasteiger partial charge in [0.2, 0.25) is 0 Å². The Bertz CT molecular complexity index is 1030. The molecule has 0 saturated carbocycles. The van der Waals surface area contributed by atoms with E-state index in [1.54, 1.807) is 6.20 Å². The van der Waals surface area contributed by atoms with Crippen LogP contribution in [-0.4, -0.2) is 9.97 Å². The van der Waals surface area contributed by atoms with Crippen LogP contribution >= 0.6 is 11.6 Å². The van der Waals surface area contributed by atoms with Gasteiger partial charge in [-0.15, -0.1) is 0 Å². The zero-order chi connectivity index (χ0) is 17.2. The van der Waals surface area contributed by atoms with Gasteiger partial charge in [-0.25, -0.2) is 9.97 Å². The summed E-state index contributed by atoms with van der Waals surface area (Å²) in [7, 11) is 0. The number of fused-ring (bicyclic) bond motifs is 1. The molecule has 25 heavy (non-hydrogen) atoms. The van der Waals surface area contributed by atoms with Crippen LogP contribution in [0.2, 0.25) is 5.15 Å². The topological polar surface area (TPSA) is 51.8 Å². The monoisotopic (exact) mass is 345 g/mol. The molecule has 4 aromatic rings. The van der Waals surface area contributed by atoms with Gasteiger partial charge in [0.25, 0.3) is 0 Å². The van der Waals surface area contributed by atoms with Crippen LogP contribution in [0.15, 0.2) is 72.9 Å². The standard InChI is InChI=1S/C21H16ClN3/c22-21-18-12-17(15-4-2-1-3-5-15)20(25-19(18)10-11-24-21)16-8-6-14(13-23)7-9-16/h1-12H,13,23H2. The van der Waals surface area contributed by atoms with Gasteiger partial charge in [0.05, 0.1) is 11.2 Å². The van der Waals surface area contributed by atoms with Crippen molar-refractivity contribution in [3.05, 3.63) is 83.6 Å². The fraction of sp³-hybridized carbons (Fsp3) is 0.0476. The lowest BCUT2D eigenvalue weighted by Crippen LogP contribution is -1.96. The summed E-state index contributed by atoms with van der Waals surface area (Å²) in [6.07, 6.45) is 1.68. The summed E-state index contributed by atoms with van der Waals surface area (Å²) in [4.78, 5) is 9.06. The van der Waals surface area contributed by atoms with Crippen molar-refractivity contribution in [1.82, 2.24) is 9.97 Å². The highest BCUT2D eigenvalue weighted by Gasteiger charge is 2.13. The van der Waals surface area contributed by atoms with Crippen molar-refractivity contribution >= 4 is 22.5 Å². The van der Waals surface area contributed by atoms with Crippen molar-refractivity contribution in [3.8, 4) is 22.4 Å². The first-order valence-electron chi connectivity index (χ1n) is 8.06. The summed E-state index contributed by atoms with van der Waals surface area (Å²) in [6, 6.07) is 22.3. The summed E-state index contributed by atoms with van der Waals surface area (Å²) in [6.45, 7) is 0.526. The third-order valence-corrected chi connectivity index (χ3v) is 4.54. The Morgan fingerprint density at radius 3 is 2.36 bits per heavy atom. The zero-order valence-corrected chi connectivity index (χ0v) is 14.2. The molecule has 2 aromatic carbocycles. The van der Waals surface area contributed by atoms with Crippen molar-refractivity contribution < 1.29 is 0 Å². The van der Waals surface area contributed by atoms with Gasteiger partial charge in [-0.05, 0) is 23.3 Å². The number of nitrogens with zero attached hydrogens (tertiary/aromatic N) is 2. The predicted molar refractivity (Wildman–Crippen MR) is 103 cm³/mol. The molecule has 2 heterocycles. The molecule has 0 radical (unpaired) electrons. The van der Waals surface area contributed by atoms with E-state index in [0.29, 0.717) is 11.7 Å². The van der Waals surface area contributed by atoms with Crippen LogP contribution in [0.25, 0.3) is 33.3 Å². The molecule has 4 heteroatoms. The quantitative estimate of drug-likeness (QED) is 0.527. The Kier molecular flexibility index (Phi) is 4.18. The Hall–Kier alpha value is -2.75. The van der Waals surface area contributed by atoms with Gasteiger partial charge in [-0.1, -0.05) is 66.2 Å². The smallest absolute Gasteiger partial charge is 0.138 e. The Labute approximate surface area is 151 Å². The minimum Gasteiger partial charge on any atom is -0.326 e. The maximum absolute atomic E-state index is 6.29. The second kappa shape index (κ2) is 6.63. The summed E-state index contributed by atoms with van der Waals surface area (Å²) in [5.74, 6) is 0. The Balaban J connectivity index is 2.00. The fourth-order valence-corrected chi connectivity index (χ4v) is 3.13. The van der Waals surface area contributed by atoms with Gasteiger partial charge in [-0.3, -0.25) is 0 Å². The Morgan fingerprint density at radius 2 is 1.64 bits per heavy atom. The first-order valence-corrected chi connectivity index (χ1v) is 8.44. The van der Waals surface area contributed by atoms with E-state index in [1.165, 1.54) is 0 Å². The molecule has 0 unspecified atom stereocenters. The number of aromatic nitrogens is 2. The van der Waals surface area contributed by atoms with E-state index in [0.717, 1.165) is 38.9 Å². The highest BCUT2D eigenvalue weighted by atomic mass is 35.5. The van der Waals surface area contributed by atoms with E-state index in [4.69, 9.17) is 22.3 Å². The molecule has 0 atom stereocenters. The van der Waals surface area contributed by atoms with Crippen molar-refractivity contribution in [1.29, 1.82) is 0 Å². The molecular weight excluding hydrogens is 330 g/mol. The number of pyridine rings is 2. The summed E-state index contributed by atoms with van der Waals surface area (Å²) < 4.78 is 0. The van der Waals surface area contributed by atoms with E-state index in [-0.39, 0.29) is 0 Å². The molecular formula is C21H16ClN3. The predicted octanol–water partition coefficient (Wildman–Crippen LogP) is 5.08. The molecule has 2 N–H and O–H groups in total. The molecule has 0 saturated heterocycles. The minimum absolute atomic E-state index is 0.465. The largest absolute Gasteiger partial charge is 0.326 e. The highest BCUT2D eigenvalue weighted by molar-refractivity contribution is 6.34. The van der Waals surface area contributed by atoms with Crippen LogP contribution in [-0.2, 0) is 6.54 Å². The molecule has 0 spiro atoms. The van der Waals surface area contributed by atoms with E-state index in [2.05, 4.69) is 35.3 Å². The molecule has 0 bridgehead atoms. The van der Waals surface area contributed by atoms with Gasteiger partial charge >= 0.3 is 0 Å². The van der Waals surface area contributed by atoms with Gasteiger partial charge < -0.3 is 5.73 Å². The molecule has 122 valence electrons. The van der Waals surface area contributed by atoms with Crippen LogP contribution < -0.4 is 5.73 Å². The number of hydrogen-bond donors (Lipinski definition) is 1. The lowest BCUT2D eigenvalue weighted by Gasteiger charge is -2.12. The van der Waals surface area contributed by atoms with Crippen LogP contribution in [0, 0.1) is 0 Å². The first kappa shape index (κ1) is 15.8. The van der Waals surface area contributed by atoms with Crippen LogP contribution in [0.5, 0.6) is 0 Å². The van der Waals surface area contributed by atoms with Gasteiger partial charge in [0, 0.05) is 29.3 Å². The maximum atomic E-state index is 6.29. The van der Waals surface area contributed by atoms with Crippen LogP contribution in [0.1, 0.15) is 5.56 Å². The van der Waals surface area contributed by atoms with Crippen molar-refractivity contribution in [2.75, 3.05) is 0 Å². The lowest BCUT2D eigenvalue weighted by atomic mass is 9.97. The van der Waals surface area contributed by atoms with Gasteiger partial charge in [0.1, 0.15) is 5.15 Å². The average molecular weight is 346 g/mol. The van der Waals surface area contributed by atoms with E-state index < -0.39 is 0 Å². The first-order chi connectivity index (χ1) is 12.3. The minimum atomic E-state index is 0.465. The fourth-order valence-electron chi connectivity index (χ4n) is 2.92. The maximum Gasteiger partial charge on any atom is 0.138 e. The summed E-state index contributed by atoms with van der Waals surface area (Å²) in [5, 5.41) is 1.32. The molecule has 4 rings (SSSR count). The summed E-state index contributed by atoms with van der Waals surface area (Å²) >= 11 is 6.29. The molecule has 0 aliphatic rings. The molecule has 0 aliphatic carbocycles. The number of benzene rings is 2. The van der Waals surface area contributed by atoms with Crippen molar-refractivity contribution in [3.63, 3.8) is 0 Å². The van der Waals surface area contributed by atoms with Crippen LogP contribution in [0.3, 0.4) is 0 Å². The lowest BCUT2D eigenvalue weighted by molar-refractivity contribution is 1.07. The normalized spacial score (nSPS) is 11.0. The number of halogens is 1. The van der Waals surface area contributed by atoms with Crippen molar-refractivity contribution in [2.45, 2.75) is 6.54 Å². The second-order valence-corrected chi connectivity index (χ2v) is 6.18. The Morgan fingerprint density at radius 1 is 0.880 bits per heavy atom. The van der Waals surface area contributed by atoms with E-state index >= 15 is 0 Å². The average Bonchev–Trinajstić information content (AvgIpc) is 2.68. The molecule has 0 amide bonds. The second-order valence-electron chi connectivity index (χ2n) is 5.82. The number of hydrogen-bond acceptors (Lipinski definition) is 3. The van der Waals surface area contributed by atoms with E-state index in [9.17, 15) is 0 Å². The molecule has 0 aliphatic heterocycles. The van der Waals surface area contributed by atoms with Gasteiger partial charge in [-0.2, -0.15) is 0 Å². The number of rotatable bonds is 3. The zero-order valence-electron chi connectivity index (χ0n) is 13.5. The van der Waals surface area contributed by atoms with E-state index in [1.807, 2.05) is 36.4 Å². The molecule has 2 aromatic heterocycles. The highest BCUT2D eigenvalue weighted by Crippen LogP contribution is 2.34. The molecule has 0 fully saturated rings. The van der Waals surface area contributed by atoms with Crippen molar-refractivity contribution in [2.24, 2.45) is 5.73 Å². The third kappa shape index (κ3) is 3.00. The molecule has 3 nitrogen and oxygen atoms in total. The summed E-state index contributed by atoms with van der Waals surface area (Å²) in [5.41, 5.74) is 11.7. The third-order valence-electron chi connectivity index (χ3n) is 4.24.